The number of nitrogens with one attached hydrogen (secondary N) is 4. The molecule has 21 heteroatoms. The zero-order valence-electron chi connectivity index (χ0n) is 36.4. The van der Waals surface area contributed by atoms with Crippen molar-refractivity contribution in [2.24, 2.45) is 0 Å². The quantitative estimate of drug-likeness (QED) is 0.106. The number of rotatable bonds is 14. The van der Waals surface area contributed by atoms with Crippen molar-refractivity contribution in [2.45, 2.75) is 76.5 Å². The largest absolute Gasteiger partial charge is 0.382 e. The van der Waals surface area contributed by atoms with E-state index in [1.807, 2.05) is 4.90 Å². The topological polar surface area (TPSA) is 214 Å². The molecule has 5 aliphatic heterocycles. The van der Waals surface area contributed by atoms with Crippen LogP contribution in [0.25, 0.3) is 11.1 Å². The number of urea groups is 1. The Kier molecular flexibility index (Phi) is 12.8. The number of fused-ring (bicyclic) bond motifs is 3. The number of amides is 7. The van der Waals surface area contributed by atoms with E-state index >= 15 is 0 Å². The third-order valence-corrected chi connectivity index (χ3v) is 12.8. The summed E-state index contributed by atoms with van der Waals surface area (Å²) >= 11 is 0. The highest BCUT2D eigenvalue weighted by Crippen LogP contribution is 2.44. The molecule has 4 N–H and O–H groups in total. The van der Waals surface area contributed by atoms with Crippen molar-refractivity contribution in [3.05, 3.63) is 76.2 Å². The van der Waals surface area contributed by atoms with Crippen LogP contribution in [0.4, 0.5) is 30.8 Å². The molecule has 5 aliphatic rings. The first kappa shape index (κ1) is 44.5. The Morgan fingerprint density at radius 3 is 2.59 bits per heavy atom. The predicted molar refractivity (Wildman–Crippen MR) is 233 cm³/mol. The molecule has 7 amide bonds. The number of carbonyl (C=O) groups excluding carboxylic acids is 6. The number of aryl methyl sites for hydroxylation is 1. The van der Waals surface area contributed by atoms with Crippen LogP contribution >= 0.6 is 0 Å². The van der Waals surface area contributed by atoms with E-state index in [1.54, 1.807) is 42.4 Å². The van der Waals surface area contributed by atoms with Gasteiger partial charge >= 0.3 is 6.03 Å². The molecule has 2 saturated heterocycles. The molecule has 7 heterocycles. The highest BCUT2D eigenvalue weighted by molar-refractivity contribution is 6.25. The SMILES string of the molecule is CNC(=O)N1CCc2c(c(N3CCCc4cc(-c5cnn(CC(=O)NCCOCCNc6cccc7c6C(=O)N(C6CCC(=O)NC6=O)C7=O)c5)c(C(F)F)cc43)nn2C2CCOCC2)C1. The first-order valence-electron chi connectivity index (χ1n) is 22.3. The Bertz CT molecular complexity index is 2570. The van der Waals surface area contributed by atoms with Gasteiger partial charge in [-0.1, -0.05) is 6.07 Å². The van der Waals surface area contributed by atoms with Gasteiger partial charge in [0.05, 0.1) is 43.1 Å². The molecule has 66 heavy (non-hydrogen) atoms. The molecule has 348 valence electrons. The van der Waals surface area contributed by atoms with Crippen LogP contribution in [0.3, 0.4) is 0 Å². The van der Waals surface area contributed by atoms with Crippen LogP contribution < -0.4 is 26.2 Å². The number of piperidine rings is 1. The summed E-state index contributed by atoms with van der Waals surface area (Å²) in [5, 5.41) is 20.3. The Labute approximate surface area is 378 Å². The molecule has 0 bridgehead atoms. The number of halogens is 2. The lowest BCUT2D eigenvalue weighted by Gasteiger charge is -2.33. The second-order valence-electron chi connectivity index (χ2n) is 16.9. The maximum absolute atomic E-state index is 15.0. The van der Waals surface area contributed by atoms with Crippen molar-refractivity contribution < 1.29 is 47.0 Å². The zero-order valence-corrected chi connectivity index (χ0v) is 36.4. The monoisotopic (exact) mass is 911 g/mol. The summed E-state index contributed by atoms with van der Waals surface area (Å²) in [5.74, 6) is -2.02. The summed E-state index contributed by atoms with van der Waals surface area (Å²) in [7, 11) is 1.60. The second kappa shape index (κ2) is 19.0. The lowest BCUT2D eigenvalue weighted by molar-refractivity contribution is -0.136. The van der Waals surface area contributed by atoms with Crippen LogP contribution in [0.15, 0.2) is 42.7 Å². The van der Waals surface area contributed by atoms with Gasteiger partial charge in [0.2, 0.25) is 17.7 Å². The number of benzene rings is 2. The molecular formula is C45H51F2N11O8. The average molecular weight is 912 g/mol. The summed E-state index contributed by atoms with van der Waals surface area (Å²) in [6, 6.07) is 7.04. The molecular weight excluding hydrogens is 861 g/mol. The van der Waals surface area contributed by atoms with Crippen LogP contribution in [0.5, 0.6) is 0 Å². The molecule has 19 nitrogen and oxygen atoms in total. The number of hydrogen-bond donors (Lipinski definition) is 4. The maximum atomic E-state index is 15.0. The number of carbonyl (C=O) groups is 6. The van der Waals surface area contributed by atoms with Gasteiger partial charge in [-0.25, -0.2) is 13.6 Å². The minimum atomic E-state index is -2.80. The van der Waals surface area contributed by atoms with E-state index in [2.05, 4.69) is 31.0 Å². The molecule has 0 radical (unpaired) electrons. The smallest absolute Gasteiger partial charge is 0.317 e. The Morgan fingerprint density at radius 2 is 1.80 bits per heavy atom. The van der Waals surface area contributed by atoms with Crippen molar-refractivity contribution in [3.63, 3.8) is 0 Å². The van der Waals surface area contributed by atoms with Crippen LogP contribution in [0.1, 0.15) is 87.7 Å². The summed E-state index contributed by atoms with van der Waals surface area (Å²) in [5.41, 5.74) is 4.89. The van der Waals surface area contributed by atoms with Crippen LogP contribution in [0.2, 0.25) is 0 Å². The lowest BCUT2D eigenvalue weighted by Crippen LogP contribution is -2.54. The van der Waals surface area contributed by atoms with Gasteiger partial charge < -0.3 is 35.2 Å². The van der Waals surface area contributed by atoms with E-state index in [0.717, 1.165) is 41.0 Å². The van der Waals surface area contributed by atoms with Gasteiger partial charge in [-0.15, -0.1) is 0 Å². The summed E-state index contributed by atoms with van der Waals surface area (Å²) < 4.78 is 44.8. The molecule has 9 rings (SSSR count). The van der Waals surface area contributed by atoms with Gasteiger partial charge in [0.15, 0.2) is 5.82 Å². The molecule has 1 atom stereocenters. The fourth-order valence-corrected chi connectivity index (χ4v) is 9.58. The standard InChI is InChI=1S/C45H51F2N11O8/c1-48-45(64)54-15-9-34-32(24-54)41(53-58(34)28-10-16-65-17-11-28)56-14-3-4-26-20-30(31(40(46)47)21-36(26)56)27-22-51-55(23-27)25-38(60)50-13-19-66-18-12-49-33-6-2-5-29-39(33)44(63)57(43(29)62)35-7-8-37(59)52-42(35)61/h2,5-6,20-23,28,35,40,49H,3-4,7-19,24-25H2,1H3,(H,48,64)(H,50,60)(H,52,59,61). The van der Waals surface area contributed by atoms with Gasteiger partial charge in [0.1, 0.15) is 12.6 Å². The third kappa shape index (κ3) is 8.71. The third-order valence-electron chi connectivity index (χ3n) is 12.8. The van der Waals surface area contributed by atoms with E-state index in [1.165, 1.54) is 16.9 Å². The molecule has 0 spiro atoms. The van der Waals surface area contributed by atoms with E-state index in [4.69, 9.17) is 14.6 Å². The number of ether oxygens (including phenoxy) is 2. The Morgan fingerprint density at radius 1 is 0.985 bits per heavy atom. The normalized spacial score (nSPS) is 18.6. The molecule has 2 fully saturated rings. The number of nitrogens with zero attached hydrogens (tertiary/aromatic N) is 7. The fraction of sp³-hybridized carbons (Fsp3) is 0.467. The van der Waals surface area contributed by atoms with Crippen molar-refractivity contribution >= 4 is 52.8 Å². The lowest BCUT2D eigenvalue weighted by atomic mass is 9.92. The minimum absolute atomic E-state index is 0.0235. The molecule has 2 aromatic heterocycles. The van der Waals surface area contributed by atoms with Crippen molar-refractivity contribution in [1.82, 2.24) is 45.3 Å². The first-order chi connectivity index (χ1) is 32.0. The van der Waals surface area contributed by atoms with Crippen molar-refractivity contribution in [1.29, 1.82) is 0 Å². The maximum Gasteiger partial charge on any atom is 0.317 e. The van der Waals surface area contributed by atoms with Gasteiger partial charge in [0.25, 0.3) is 18.2 Å². The average Bonchev–Trinajstić information content (AvgIpc) is 4.02. The summed E-state index contributed by atoms with van der Waals surface area (Å²) in [6.07, 6.45) is 4.05. The molecule has 0 aliphatic carbocycles. The molecule has 2 aromatic carbocycles. The van der Waals surface area contributed by atoms with Gasteiger partial charge in [-0.05, 0) is 67.5 Å². The van der Waals surface area contributed by atoms with Gasteiger partial charge in [0, 0.05) is 99.2 Å². The number of aromatic nitrogens is 4. The number of alkyl halides is 2. The van der Waals surface area contributed by atoms with E-state index in [9.17, 15) is 37.5 Å². The fourth-order valence-electron chi connectivity index (χ4n) is 9.58. The first-order valence-corrected chi connectivity index (χ1v) is 22.3. The highest BCUT2D eigenvalue weighted by atomic mass is 19.3. The molecule has 0 saturated carbocycles. The van der Waals surface area contributed by atoms with Crippen molar-refractivity contribution in [3.8, 4) is 11.1 Å². The number of anilines is 3. The minimum Gasteiger partial charge on any atom is -0.382 e. The zero-order chi connectivity index (χ0) is 46.1. The number of hydrogen-bond acceptors (Lipinski definition) is 12. The van der Waals surface area contributed by atoms with E-state index in [0.29, 0.717) is 74.0 Å². The Hall–Kier alpha value is -6.74. The van der Waals surface area contributed by atoms with Gasteiger partial charge in [-0.3, -0.25) is 43.6 Å². The van der Waals surface area contributed by atoms with E-state index in [-0.39, 0.29) is 80.4 Å². The number of imide groups is 2. The molecule has 4 aromatic rings. The van der Waals surface area contributed by atoms with Crippen LogP contribution in [0, 0.1) is 0 Å². The summed E-state index contributed by atoms with van der Waals surface area (Å²) in [6.45, 7) is 3.42. The highest BCUT2D eigenvalue weighted by Gasteiger charge is 2.45. The van der Waals surface area contributed by atoms with Gasteiger partial charge in [-0.2, -0.15) is 10.2 Å². The summed E-state index contributed by atoms with van der Waals surface area (Å²) in [4.78, 5) is 80.8. The predicted octanol–water partition coefficient (Wildman–Crippen LogP) is 3.46. The second-order valence-corrected chi connectivity index (χ2v) is 16.9. The van der Waals surface area contributed by atoms with E-state index < -0.39 is 36.1 Å². The van der Waals surface area contributed by atoms with Crippen LogP contribution in [-0.2, 0) is 49.8 Å². The Balaban J connectivity index is 0.804. The molecule has 1 unspecified atom stereocenters. The van der Waals surface area contributed by atoms with Crippen LogP contribution in [-0.4, -0.2) is 131 Å². The van der Waals surface area contributed by atoms with Crippen molar-refractivity contribution in [2.75, 3.05) is 69.9 Å².